The Bertz CT molecular complexity index is 1140. The predicted molar refractivity (Wildman–Crippen MR) is 114 cm³/mol. The van der Waals surface area contributed by atoms with E-state index in [9.17, 15) is 13.2 Å². The molecule has 1 heterocycles. The Balaban J connectivity index is 1.80. The van der Waals surface area contributed by atoms with Gasteiger partial charge in [0.25, 0.3) is 0 Å². The van der Waals surface area contributed by atoms with Crippen LogP contribution < -0.4 is 5.32 Å². The average molecular weight is 445 g/mol. The number of anilines is 1. The number of carbonyl (C=O) groups is 1. The van der Waals surface area contributed by atoms with Gasteiger partial charge in [0, 0.05) is 38.0 Å². The fourth-order valence-corrected chi connectivity index (χ4v) is 3.68. The number of hydrogen-bond acceptors (Lipinski definition) is 8. The van der Waals surface area contributed by atoms with Crippen LogP contribution in [0.25, 0.3) is 11.3 Å². The molecule has 10 heteroatoms. The van der Waals surface area contributed by atoms with E-state index in [1.54, 1.807) is 6.07 Å². The highest BCUT2D eigenvalue weighted by molar-refractivity contribution is 7.89. The number of aliphatic hydroxyl groups is 1. The van der Waals surface area contributed by atoms with Crippen LogP contribution in [0, 0.1) is 0 Å². The molecule has 9 nitrogen and oxygen atoms in total. The molecule has 0 aliphatic rings. The largest absolute Gasteiger partial charge is 0.454 e. The third-order valence-electron chi connectivity index (χ3n) is 4.39. The molecule has 0 amide bonds. The zero-order valence-corrected chi connectivity index (χ0v) is 17.9. The number of nitrogens with zero attached hydrogens (tertiary/aromatic N) is 2. The van der Waals surface area contributed by atoms with Gasteiger partial charge in [0.2, 0.25) is 10.0 Å². The molecule has 3 rings (SSSR count). The van der Waals surface area contributed by atoms with Crippen LogP contribution in [0.4, 0.5) is 5.69 Å². The van der Waals surface area contributed by atoms with Crippen molar-refractivity contribution in [2.24, 2.45) is 0 Å². The molecule has 0 atom stereocenters. The van der Waals surface area contributed by atoms with E-state index in [0.717, 1.165) is 9.87 Å². The number of benzene rings is 2. The van der Waals surface area contributed by atoms with Crippen LogP contribution in [0.1, 0.15) is 16.1 Å². The molecular weight excluding hydrogens is 422 g/mol. The van der Waals surface area contributed by atoms with Gasteiger partial charge in [0.05, 0.1) is 17.1 Å². The van der Waals surface area contributed by atoms with Gasteiger partial charge in [0.15, 0.2) is 12.4 Å². The molecule has 3 aromatic rings. The lowest BCUT2D eigenvalue weighted by Gasteiger charge is -2.15. The number of aromatic nitrogens is 1. The number of rotatable bonds is 9. The van der Waals surface area contributed by atoms with Crippen LogP contribution in [-0.4, -0.2) is 56.2 Å². The zero-order chi connectivity index (χ0) is 22.4. The molecule has 0 saturated carbocycles. The van der Waals surface area contributed by atoms with Crippen molar-refractivity contribution in [3.8, 4) is 11.3 Å². The molecule has 0 radical (unpaired) electrons. The SMILES string of the molecule is CN(C)S(=O)(=O)c1ccc(NCCO)c(C(=O)OCc2cc(-c3ccccc3)no2)c1. The van der Waals surface area contributed by atoms with E-state index in [1.165, 1.54) is 32.3 Å². The number of carbonyl (C=O) groups excluding carboxylic acids is 1. The third-order valence-corrected chi connectivity index (χ3v) is 6.20. The van der Waals surface area contributed by atoms with Gasteiger partial charge in [0.1, 0.15) is 5.69 Å². The van der Waals surface area contributed by atoms with Gasteiger partial charge < -0.3 is 19.7 Å². The van der Waals surface area contributed by atoms with Crippen LogP contribution in [0.2, 0.25) is 0 Å². The van der Waals surface area contributed by atoms with Crippen molar-refractivity contribution in [3.63, 3.8) is 0 Å². The number of aliphatic hydroxyl groups excluding tert-OH is 1. The van der Waals surface area contributed by atoms with E-state index in [2.05, 4.69) is 10.5 Å². The third kappa shape index (κ3) is 5.29. The highest BCUT2D eigenvalue weighted by Gasteiger charge is 2.22. The second kappa shape index (κ2) is 9.73. The van der Waals surface area contributed by atoms with Crippen LogP contribution in [0.5, 0.6) is 0 Å². The summed E-state index contributed by atoms with van der Waals surface area (Å²) in [5.41, 5.74) is 1.84. The summed E-state index contributed by atoms with van der Waals surface area (Å²) >= 11 is 0. The van der Waals surface area contributed by atoms with Crippen LogP contribution in [-0.2, 0) is 21.4 Å². The Morgan fingerprint density at radius 1 is 1.16 bits per heavy atom. The Morgan fingerprint density at radius 3 is 2.58 bits per heavy atom. The summed E-state index contributed by atoms with van der Waals surface area (Å²) < 4.78 is 36.5. The van der Waals surface area contributed by atoms with E-state index in [1.807, 2.05) is 30.3 Å². The molecule has 2 N–H and O–H groups in total. The monoisotopic (exact) mass is 445 g/mol. The lowest BCUT2D eigenvalue weighted by Crippen LogP contribution is -2.23. The number of hydrogen-bond donors (Lipinski definition) is 2. The van der Waals surface area contributed by atoms with Crippen LogP contribution >= 0.6 is 0 Å². The smallest absolute Gasteiger partial charge is 0.340 e. The Kier molecular flexibility index (Phi) is 7.06. The topological polar surface area (TPSA) is 122 Å². The van der Waals surface area contributed by atoms with Crippen molar-refractivity contribution < 1.29 is 27.6 Å². The molecule has 31 heavy (non-hydrogen) atoms. The van der Waals surface area contributed by atoms with Crippen molar-refractivity contribution in [2.75, 3.05) is 32.6 Å². The minimum atomic E-state index is -3.74. The van der Waals surface area contributed by atoms with E-state index in [-0.39, 0.29) is 30.2 Å². The predicted octanol–water partition coefficient (Wildman–Crippen LogP) is 2.35. The van der Waals surface area contributed by atoms with Crippen molar-refractivity contribution in [1.29, 1.82) is 0 Å². The van der Waals surface area contributed by atoms with Gasteiger partial charge in [-0.05, 0) is 18.2 Å². The van der Waals surface area contributed by atoms with Gasteiger partial charge in [-0.2, -0.15) is 0 Å². The van der Waals surface area contributed by atoms with Crippen molar-refractivity contribution in [1.82, 2.24) is 9.46 Å². The summed E-state index contributed by atoms with van der Waals surface area (Å²) in [6, 6.07) is 15.2. The molecular formula is C21H23N3O6S. The first-order chi connectivity index (χ1) is 14.8. The summed E-state index contributed by atoms with van der Waals surface area (Å²) in [5, 5.41) is 15.9. The van der Waals surface area contributed by atoms with Crippen molar-refractivity contribution >= 4 is 21.7 Å². The quantitative estimate of drug-likeness (QED) is 0.482. The Hall–Kier alpha value is -3.21. The first-order valence-corrected chi connectivity index (χ1v) is 10.9. The van der Waals surface area contributed by atoms with Gasteiger partial charge >= 0.3 is 5.97 Å². The van der Waals surface area contributed by atoms with E-state index < -0.39 is 16.0 Å². The summed E-state index contributed by atoms with van der Waals surface area (Å²) in [5.74, 6) is -0.400. The van der Waals surface area contributed by atoms with E-state index in [4.69, 9.17) is 14.4 Å². The average Bonchev–Trinajstić information content (AvgIpc) is 3.25. The molecule has 0 aliphatic carbocycles. The second-order valence-corrected chi connectivity index (χ2v) is 8.92. The highest BCUT2D eigenvalue weighted by Crippen LogP contribution is 2.24. The fraction of sp³-hybridized carbons (Fsp3) is 0.238. The first kappa shape index (κ1) is 22.5. The van der Waals surface area contributed by atoms with Gasteiger partial charge in [-0.15, -0.1) is 0 Å². The van der Waals surface area contributed by atoms with Crippen LogP contribution in [0.15, 0.2) is 64.0 Å². The number of nitrogens with one attached hydrogen (secondary N) is 1. The zero-order valence-electron chi connectivity index (χ0n) is 17.1. The summed E-state index contributed by atoms with van der Waals surface area (Å²) in [6.07, 6.45) is 0. The van der Waals surface area contributed by atoms with Crippen molar-refractivity contribution in [2.45, 2.75) is 11.5 Å². The fourth-order valence-electron chi connectivity index (χ4n) is 2.75. The normalized spacial score (nSPS) is 11.5. The van der Waals surface area contributed by atoms with Crippen LogP contribution in [0.3, 0.4) is 0 Å². The number of sulfonamides is 1. The van der Waals surface area contributed by atoms with E-state index in [0.29, 0.717) is 17.1 Å². The van der Waals surface area contributed by atoms with Gasteiger partial charge in [-0.3, -0.25) is 0 Å². The molecule has 0 bridgehead atoms. The Morgan fingerprint density at radius 2 is 1.90 bits per heavy atom. The van der Waals surface area contributed by atoms with E-state index >= 15 is 0 Å². The molecule has 2 aromatic carbocycles. The standard InChI is InChI=1S/C21H23N3O6S/c1-24(2)31(27,28)17-8-9-19(22-10-11-25)18(13-17)21(26)29-14-16-12-20(23-30-16)15-6-4-3-5-7-15/h3-9,12-13,22,25H,10-11,14H2,1-2H3. The maximum atomic E-state index is 12.7. The molecule has 0 saturated heterocycles. The lowest BCUT2D eigenvalue weighted by molar-refractivity contribution is 0.0438. The lowest BCUT2D eigenvalue weighted by atomic mass is 10.1. The molecule has 0 spiro atoms. The highest BCUT2D eigenvalue weighted by atomic mass is 32.2. The van der Waals surface area contributed by atoms with Crippen molar-refractivity contribution in [3.05, 3.63) is 65.9 Å². The molecule has 0 fully saturated rings. The maximum absolute atomic E-state index is 12.7. The van der Waals surface area contributed by atoms with Gasteiger partial charge in [-0.1, -0.05) is 35.5 Å². The minimum Gasteiger partial charge on any atom is -0.454 e. The number of esters is 1. The molecule has 0 unspecified atom stereocenters. The molecule has 0 aliphatic heterocycles. The first-order valence-electron chi connectivity index (χ1n) is 9.42. The number of ether oxygens (including phenoxy) is 1. The summed E-state index contributed by atoms with van der Waals surface area (Å²) in [7, 11) is -0.940. The molecule has 164 valence electrons. The maximum Gasteiger partial charge on any atom is 0.340 e. The summed E-state index contributed by atoms with van der Waals surface area (Å²) in [6.45, 7) is -0.155. The summed E-state index contributed by atoms with van der Waals surface area (Å²) in [4.78, 5) is 12.7. The Labute approximate surface area is 180 Å². The van der Waals surface area contributed by atoms with Gasteiger partial charge in [-0.25, -0.2) is 17.5 Å². The minimum absolute atomic E-state index is 0.0270. The molecule has 1 aromatic heterocycles. The second-order valence-electron chi connectivity index (χ2n) is 6.77.